The molecule has 2 aromatic heterocycles. The number of hydrogen-bond donors (Lipinski definition) is 3. The molecule has 0 unspecified atom stereocenters. The van der Waals surface area contributed by atoms with Crippen LogP contribution in [0.5, 0.6) is 0 Å². The van der Waals surface area contributed by atoms with Gasteiger partial charge in [-0.05, 0) is 19.8 Å². The molecular weight excluding hydrogens is 491 g/mol. The van der Waals surface area contributed by atoms with Gasteiger partial charge in [-0.1, -0.05) is 19.0 Å². The highest BCUT2D eigenvalue weighted by Crippen LogP contribution is 2.22. The lowest BCUT2D eigenvalue weighted by atomic mass is 9.99. The fourth-order valence-corrected chi connectivity index (χ4v) is 3.38. The predicted molar refractivity (Wildman–Crippen MR) is 123 cm³/mol. The third-order valence-corrected chi connectivity index (χ3v) is 5.22. The second-order valence-electron chi connectivity index (χ2n) is 6.11. The standard InChI is InChI=1S/C18H28N6O2S.HI/c1-5-13(6-2)15-9-14(26-24-15)10-22-18(19-4)21-8-7-20-17(25)16-12(3)23-11-27-16;/h9,11,13H,5-8,10H2,1-4H3,(H,20,25)(H2,19,21,22);1H. The molecule has 0 aromatic carbocycles. The van der Waals surface area contributed by atoms with Crippen molar-refractivity contribution in [1.82, 2.24) is 26.1 Å². The molecule has 0 bridgehead atoms. The van der Waals surface area contributed by atoms with Gasteiger partial charge >= 0.3 is 0 Å². The normalized spacial score (nSPS) is 11.2. The van der Waals surface area contributed by atoms with Gasteiger partial charge in [0.2, 0.25) is 0 Å². The summed E-state index contributed by atoms with van der Waals surface area (Å²) in [6.45, 7) is 7.67. The molecule has 156 valence electrons. The molecular formula is C18H29IN6O2S. The zero-order chi connectivity index (χ0) is 19.6. The van der Waals surface area contributed by atoms with E-state index in [1.54, 1.807) is 12.6 Å². The molecule has 28 heavy (non-hydrogen) atoms. The highest BCUT2D eigenvalue weighted by atomic mass is 127. The van der Waals surface area contributed by atoms with Crippen LogP contribution in [0.2, 0.25) is 0 Å². The van der Waals surface area contributed by atoms with Gasteiger partial charge in [0.25, 0.3) is 5.91 Å². The number of guanidine groups is 1. The van der Waals surface area contributed by atoms with Crippen LogP contribution in [0.1, 0.15) is 59.4 Å². The summed E-state index contributed by atoms with van der Waals surface area (Å²) >= 11 is 1.34. The summed E-state index contributed by atoms with van der Waals surface area (Å²) in [6.07, 6.45) is 2.10. The Morgan fingerprint density at radius 2 is 1.96 bits per heavy atom. The minimum absolute atomic E-state index is 0. The molecule has 0 aliphatic rings. The number of aliphatic imine (C=N–C) groups is 1. The Bertz CT molecular complexity index is 757. The summed E-state index contributed by atoms with van der Waals surface area (Å²) in [5.74, 6) is 1.74. The van der Waals surface area contributed by atoms with E-state index in [4.69, 9.17) is 4.52 Å². The van der Waals surface area contributed by atoms with Crippen LogP contribution in [0.4, 0.5) is 0 Å². The van der Waals surface area contributed by atoms with Crippen molar-refractivity contribution in [3.05, 3.63) is 33.6 Å². The lowest BCUT2D eigenvalue weighted by molar-refractivity contribution is 0.0957. The quantitative estimate of drug-likeness (QED) is 0.203. The van der Waals surface area contributed by atoms with E-state index < -0.39 is 0 Å². The topological polar surface area (TPSA) is 104 Å². The van der Waals surface area contributed by atoms with Gasteiger partial charge in [0.1, 0.15) is 4.88 Å². The van der Waals surface area contributed by atoms with Crippen molar-refractivity contribution < 1.29 is 9.32 Å². The van der Waals surface area contributed by atoms with Gasteiger partial charge in [0.05, 0.1) is 23.4 Å². The van der Waals surface area contributed by atoms with Crippen LogP contribution in [-0.4, -0.2) is 42.1 Å². The van der Waals surface area contributed by atoms with E-state index in [9.17, 15) is 4.79 Å². The Morgan fingerprint density at radius 1 is 1.25 bits per heavy atom. The number of halogens is 1. The first kappa shape index (κ1) is 24.3. The van der Waals surface area contributed by atoms with Gasteiger partial charge in [-0.25, -0.2) is 4.98 Å². The molecule has 2 heterocycles. The van der Waals surface area contributed by atoms with Gasteiger partial charge in [-0.2, -0.15) is 0 Å². The molecule has 2 aromatic rings. The highest BCUT2D eigenvalue weighted by Gasteiger charge is 2.13. The molecule has 0 atom stereocenters. The summed E-state index contributed by atoms with van der Waals surface area (Å²) in [5.41, 5.74) is 3.43. The Labute approximate surface area is 187 Å². The van der Waals surface area contributed by atoms with E-state index in [-0.39, 0.29) is 29.9 Å². The average Bonchev–Trinajstić information content (AvgIpc) is 3.31. The Balaban J connectivity index is 0.00000392. The van der Waals surface area contributed by atoms with Crippen LogP contribution in [0.3, 0.4) is 0 Å². The number of carbonyl (C=O) groups excluding carboxylic acids is 1. The second kappa shape index (κ2) is 12.7. The van der Waals surface area contributed by atoms with Gasteiger partial charge in [-0.3, -0.25) is 9.79 Å². The summed E-state index contributed by atoms with van der Waals surface area (Å²) in [7, 11) is 1.70. The molecule has 0 fully saturated rings. The summed E-state index contributed by atoms with van der Waals surface area (Å²) in [4.78, 5) is 20.9. The summed E-state index contributed by atoms with van der Waals surface area (Å²) in [5, 5.41) is 13.4. The van der Waals surface area contributed by atoms with Gasteiger partial charge in [-0.15, -0.1) is 35.3 Å². The number of carbonyl (C=O) groups is 1. The van der Waals surface area contributed by atoms with E-state index in [1.807, 2.05) is 13.0 Å². The number of thiazole rings is 1. The zero-order valence-corrected chi connectivity index (χ0v) is 19.9. The van der Waals surface area contributed by atoms with Crippen LogP contribution in [0.15, 0.2) is 21.1 Å². The molecule has 1 amide bonds. The van der Waals surface area contributed by atoms with E-state index in [0.29, 0.717) is 36.4 Å². The molecule has 0 saturated heterocycles. The first-order valence-electron chi connectivity index (χ1n) is 9.17. The molecule has 2 rings (SSSR count). The number of amides is 1. The number of nitrogens with zero attached hydrogens (tertiary/aromatic N) is 3. The zero-order valence-electron chi connectivity index (χ0n) is 16.7. The molecule has 10 heteroatoms. The number of aromatic nitrogens is 2. The first-order chi connectivity index (χ1) is 13.1. The van der Waals surface area contributed by atoms with E-state index >= 15 is 0 Å². The van der Waals surface area contributed by atoms with Crippen LogP contribution in [0, 0.1) is 6.92 Å². The SMILES string of the molecule is CCC(CC)c1cc(CNC(=NC)NCCNC(=O)c2scnc2C)on1.I. The molecule has 0 spiro atoms. The Morgan fingerprint density at radius 3 is 2.57 bits per heavy atom. The third kappa shape index (κ3) is 7.04. The fraction of sp³-hybridized carbons (Fsp3) is 0.556. The molecule has 0 radical (unpaired) electrons. The van der Waals surface area contributed by atoms with Crippen LogP contribution < -0.4 is 16.0 Å². The molecule has 0 aliphatic carbocycles. The third-order valence-electron chi connectivity index (χ3n) is 4.29. The van der Waals surface area contributed by atoms with Crippen molar-refractivity contribution in [1.29, 1.82) is 0 Å². The van der Waals surface area contributed by atoms with E-state index in [1.165, 1.54) is 11.3 Å². The lowest BCUT2D eigenvalue weighted by Crippen LogP contribution is -2.41. The van der Waals surface area contributed by atoms with E-state index in [2.05, 4.69) is 44.9 Å². The van der Waals surface area contributed by atoms with Crippen molar-refractivity contribution >= 4 is 47.2 Å². The van der Waals surface area contributed by atoms with E-state index in [0.717, 1.165) is 30.0 Å². The molecule has 0 saturated carbocycles. The average molecular weight is 520 g/mol. The maximum absolute atomic E-state index is 12.0. The maximum Gasteiger partial charge on any atom is 0.263 e. The maximum atomic E-state index is 12.0. The minimum atomic E-state index is -0.102. The van der Waals surface area contributed by atoms with Crippen molar-refractivity contribution in [2.75, 3.05) is 20.1 Å². The predicted octanol–water partition coefficient (Wildman–Crippen LogP) is 3.06. The van der Waals surface area contributed by atoms with Crippen LogP contribution >= 0.6 is 35.3 Å². The van der Waals surface area contributed by atoms with Crippen molar-refractivity contribution in [2.45, 2.75) is 46.1 Å². The Hall–Kier alpha value is -1.69. The summed E-state index contributed by atoms with van der Waals surface area (Å²) < 4.78 is 5.40. The number of aryl methyl sites for hydroxylation is 1. The van der Waals surface area contributed by atoms with Crippen LogP contribution in [0.25, 0.3) is 0 Å². The number of hydrogen-bond acceptors (Lipinski definition) is 6. The highest BCUT2D eigenvalue weighted by molar-refractivity contribution is 14.0. The molecule has 0 aliphatic heterocycles. The largest absolute Gasteiger partial charge is 0.359 e. The molecule has 8 nitrogen and oxygen atoms in total. The summed E-state index contributed by atoms with van der Waals surface area (Å²) in [6, 6.07) is 2.00. The fourth-order valence-electron chi connectivity index (χ4n) is 2.66. The second-order valence-corrected chi connectivity index (χ2v) is 6.96. The van der Waals surface area contributed by atoms with Crippen molar-refractivity contribution in [3.8, 4) is 0 Å². The monoisotopic (exact) mass is 520 g/mol. The molecule has 3 N–H and O–H groups in total. The minimum Gasteiger partial charge on any atom is -0.359 e. The van der Waals surface area contributed by atoms with Gasteiger partial charge in [0.15, 0.2) is 11.7 Å². The first-order valence-corrected chi connectivity index (χ1v) is 10.0. The van der Waals surface area contributed by atoms with Gasteiger partial charge < -0.3 is 20.5 Å². The van der Waals surface area contributed by atoms with Crippen molar-refractivity contribution in [3.63, 3.8) is 0 Å². The number of nitrogens with one attached hydrogen (secondary N) is 3. The lowest BCUT2D eigenvalue weighted by Gasteiger charge is -2.11. The van der Waals surface area contributed by atoms with Gasteiger partial charge in [0, 0.05) is 32.1 Å². The van der Waals surface area contributed by atoms with Crippen molar-refractivity contribution in [2.24, 2.45) is 4.99 Å². The smallest absolute Gasteiger partial charge is 0.263 e. The van der Waals surface area contributed by atoms with Crippen LogP contribution in [-0.2, 0) is 6.54 Å². The number of rotatable bonds is 9. The Kier molecular flexibility index (Phi) is 11.0.